The third kappa shape index (κ3) is 2.95. The fourth-order valence-electron chi connectivity index (χ4n) is 1.60. The molecule has 0 spiro atoms. The zero-order valence-corrected chi connectivity index (χ0v) is 12.0. The summed E-state index contributed by atoms with van der Waals surface area (Å²) in [5, 5.41) is 0. The first-order valence-corrected chi connectivity index (χ1v) is 6.48. The maximum absolute atomic E-state index is 4.06. The van der Waals surface area contributed by atoms with E-state index >= 15 is 0 Å². The van der Waals surface area contributed by atoms with Crippen molar-refractivity contribution in [2.24, 2.45) is 0 Å². The lowest BCUT2D eigenvalue weighted by molar-refractivity contribution is 0.247. The Hall–Kier alpha value is -0.610. The van der Waals surface area contributed by atoms with Crippen LogP contribution in [0.15, 0.2) is 22.9 Å². The molecule has 0 saturated carbocycles. The molecule has 1 aliphatic rings. The Morgan fingerprint density at radius 2 is 2.00 bits per heavy atom. The van der Waals surface area contributed by atoms with E-state index in [0.29, 0.717) is 6.04 Å². The number of hydrogen-bond donors (Lipinski definition) is 0. The van der Waals surface area contributed by atoms with Crippen LogP contribution in [0.5, 0.6) is 0 Å². The summed E-state index contributed by atoms with van der Waals surface area (Å²) >= 11 is 3.51. The van der Waals surface area contributed by atoms with E-state index in [9.17, 15) is 0 Å². The molecule has 2 heterocycles. The summed E-state index contributed by atoms with van der Waals surface area (Å²) in [6, 6.07) is 2.74. The number of anilines is 1. The van der Waals surface area contributed by atoms with Crippen molar-refractivity contribution in [1.82, 2.24) is 9.88 Å². The minimum atomic E-state index is 0.690. The molecule has 3 nitrogen and oxygen atoms in total. The summed E-state index contributed by atoms with van der Waals surface area (Å²) < 4.78 is 1.08. The van der Waals surface area contributed by atoms with E-state index in [0.717, 1.165) is 17.6 Å². The predicted octanol–water partition coefficient (Wildman–Crippen LogP) is 2.62. The van der Waals surface area contributed by atoms with Gasteiger partial charge < -0.3 is 9.80 Å². The SMILES string of the molecule is CC.CN(C)C1CN(c2ccncc2Br)C1. The molecule has 0 aliphatic carbocycles. The molecule has 1 aromatic rings. The van der Waals surface area contributed by atoms with E-state index in [-0.39, 0.29) is 0 Å². The second kappa shape index (κ2) is 6.21. The third-order valence-electron chi connectivity index (χ3n) is 2.68. The molecule has 90 valence electrons. The molecule has 0 atom stereocenters. The molecule has 0 unspecified atom stereocenters. The van der Waals surface area contributed by atoms with Crippen LogP contribution < -0.4 is 4.90 Å². The molecule has 4 heteroatoms. The van der Waals surface area contributed by atoms with Crippen LogP contribution in [-0.4, -0.2) is 43.1 Å². The summed E-state index contributed by atoms with van der Waals surface area (Å²) in [6.45, 7) is 6.21. The molecular weight excluding hydrogens is 266 g/mol. The molecule has 1 aromatic heterocycles. The lowest BCUT2D eigenvalue weighted by Crippen LogP contribution is -2.57. The molecule has 0 aromatic carbocycles. The average Bonchev–Trinajstić information content (AvgIpc) is 2.21. The number of nitrogens with zero attached hydrogens (tertiary/aromatic N) is 3. The van der Waals surface area contributed by atoms with Crippen molar-refractivity contribution in [2.75, 3.05) is 32.1 Å². The highest BCUT2D eigenvalue weighted by molar-refractivity contribution is 9.10. The Bertz CT molecular complexity index is 322. The summed E-state index contributed by atoms with van der Waals surface area (Å²) in [6.07, 6.45) is 3.68. The van der Waals surface area contributed by atoms with Gasteiger partial charge in [-0.2, -0.15) is 0 Å². The van der Waals surface area contributed by atoms with Gasteiger partial charge in [0.1, 0.15) is 0 Å². The predicted molar refractivity (Wildman–Crippen MR) is 73.0 cm³/mol. The molecule has 0 N–H and O–H groups in total. The molecule has 0 bridgehead atoms. The number of halogens is 1. The summed E-state index contributed by atoms with van der Waals surface area (Å²) in [5.74, 6) is 0. The van der Waals surface area contributed by atoms with Gasteiger partial charge in [0.05, 0.1) is 10.2 Å². The Labute approximate surface area is 107 Å². The first-order valence-electron chi connectivity index (χ1n) is 5.69. The second-order valence-corrected chi connectivity index (χ2v) is 4.70. The maximum Gasteiger partial charge on any atom is 0.0592 e. The summed E-state index contributed by atoms with van der Waals surface area (Å²) in [5.41, 5.74) is 1.25. The lowest BCUT2D eigenvalue weighted by Gasteiger charge is -2.44. The molecule has 0 radical (unpaired) electrons. The van der Waals surface area contributed by atoms with Crippen molar-refractivity contribution in [3.63, 3.8) is 0 Å². The van der Waals surface area contributed by atoms with Crippen LogP contribution in [0.25, 0.3) is 0 Å². The largest absolute Gasteiger partial charge is 0.367 e. The van der Waals surface area contributed by atoms with Gasteiger partial charge in [-0.15, -0.1) is 0 Å². The molecular formula is C12H20BrN3. The minimum Gasteiger partial charge on any atom is -0.367 e. The number of aromatic nitrogens is 1. The highest BCUT2D eigenvalue weighted by Gasteiger charge is 2.29. The number of pyridine rings is 1. The third-order valence-corrected chi connectivity index (χ3v) is 3.30. The van der Waals surface area contributed by atoms with Crippen molar-refractivity contribution < 1.29 is 0 Å². The normalized spacial score (nSPS) is 15.5. The molecule has 16 heavy (non-hydrogen) atoms. The Morgan fingerprint density at radius 1 is 1.38 bits per heavy atom. The second-order valence-electron chi connectivity index (χ2n) is 3.85. The standard InChI is InChI=1S/C10H14BrN3.C2H6/c1-13(2)8-6-14(7-8)10-3-4-12-5-9(10)11;1-2/h3-5,8H,6-7H2,1-2H3;1-2H3. The van der Waals surface area contributed by atoms with E-state index in [2.05, 4.69) is 50.9 Å². The van der Waals surface area contributed by atoms with E-state index in [1.165, 1.54) is 5.69 Å². The van der Waals surface area contributed by atoms with Crippen LogP contribution in [0.3, 0.4) is 0 Å². The van der Waals surface area contributed by atoms with Crippen molar-refractivity contribution in [3.8, 4) is 0 Å². The van der Waals surface area contributed by atoms with Gasteiger partial charge in [-0.05, 0) is 36.1 Å². The number of rotatable bonds is 2. The first kappa shape index (κ1) is 13.5. The zero-order valence-electron chi connectivity index (χ0n) is 10.4. The molecule has 1 aliphatic heterocycles. The zero-order chi connectivity index (χ0) is 12.1. The smallest absolute Gasteiger partial charge is 0.0592 e. The van der Waals surface area contributed by atoms with E-state index < -0.39 is 0 Å². The van der Waals surface area contributed by atoms with Gasteiger partial charge in [-0.3, -0.25) is 4.98 Å². The van der Waals surface area contributed by atoms with Gasteiger partial charge in [0, 0.05) is 31.5 Å². The minimum absolute atomic E-state index is 0.690. The summed E-state index contributed by atoms with van der Waals surface area (Å²) in [4.78, 5) is 8.68. The van der Waals surface area contributed by atoms with Crippen molar-refractivity contribution >= 4 is 21.6 Å². The number of hydrogen-bond acceptors (Lipinski definition) is 3. The molecule has 2 rings (SSSR count). The van der Waals surface area contributed by atoms with Crippen LogP contribution in [0, 0.1) is 0 Å². The van der Waals surface area contributed by atoms with Gasteiger partial charge in [0.15, 0.2) is 0 Å². The van der Waals surface area contributed by atoms with Crippen molar-refractivity contribution in [1.29, 1.82) is 0 Å². The fourth-order valence-corrected chi connectivity index (χ4v) is 2.10. The van der Waals surface area contributed by atoms with Gasteiger partial charge in [-0.1, -0.05) is 13.8 Å². The van der Waals surface area contributed by atoms with Gasteiger partial charge in [-0.25, -0.2) is 0 Å². The Kier molecular flexibility index (Phi) is 5.22. The van der Waals surface area contributed by atoms with E-state index in [1.807, 2.05) is 26.2 Å². The maximum atomic E-state index is 4.06. The van der Waals surface area contributed by atoms with Crippen molar-refractivity contribution in [2.45, 2.75) is 19.9 Å². The lowest BCUT2D eigenvalue weighted by atomic mass is 10.1. The van der Waals surface area contributed by atoms with Gasteiger partial charge in [0.25, 0.3) is 0 Å². The number of likely N-dealkylation sites (N-methyl/N-ethyl adjacent to an activating group) is 1. The van der Waals surface area contributed by atoms with Crippen molar-refractivity contribution in [3.05, 3.63) is 22.9 Å². The van der Waals surface area contributed by atoms with Crippen LogP contribution in [0.4, 0.5) is 5.69 Å². The summed E-state index contributed by atoms with van der Waals surface area (Å²) in [7, 11) is 4.26. The Balaban J connectivity index is 0.000000606. The van der Waals surface area contributed by atoms with E-state index in [1.54, 1.807) is 0 Å². The van der Waals surface area contributed by atoms with Gasteiger partial charge in [0.2, 0.25) is 0 Å². The van der Waals surface area contributed by atoms with Gasteiger partial charge >= 0.3 is 0 Å². The van der Waals surface area contributed by atoms with Crippen LogP contribution in [0.2, 0.25) is 0 Å². The van der Waals surface area contributed by atoms with Crippen LogP contribution in [-0.2, 0) is 0 Å². The first-order chi connectivity index (χ1) is 7.68. The van der Waals surface area contributed by atoms with Crippen LogP contribution >= 0.6 is 15.9 Å². The monoisotopic (exact) mass is 285 g/mol. The van der Waals surface area contributed by atoms with E-state index in [4.69, 9.17) is 0 Å². The molecule has 0 amide bonds. The quantitative estimate of drug-likeness (QED) is 0.833. The van der Waals surface area contributed by atoms with Crippen LogP contribution in [0.1, 0.15) is 13.8 Å². The highest BCUT2D eigenvalue weighted by atomic mass is 79.9. The molecule has 1 fully saturated rings. The highest BCUT2D eigenvalue weighted by Crippen LogP contribution is 2.29. The topological polar surface area (TPSA) is 19.4 Å². The molecule has 1 saturated heterocycles. The Morgan fingerprint density at radius 3 is 2.50 bits per heavy atom. The average molecular weight is 286 g/mol. The fraction of sp³-hybridized carbons (Fsp3) is 0.583.